The molecule has 1 aromatic heterocycles. The van der Waals surface area contributed by atoms with Crippen molar-refractivity contribution in [3.8, 4) is 0 Å². The Morgan fingerprint density at radius 1 is 1.53 bits per heavy atom. The van der Waals surface area contributed by atoms with Crippen LogP contribution in [-0.4, -0.2) is 49.7 Å². The fourth-order valence-electron chi connectivity index (χ4n) is 1.46. The van der Waals surface area contributed by atoms with Crippen molar-refractivity contribution in [3.05, 3.63) is 6.20 Å². The van der Waals surface area contributed by atoms with E-state index in [2.05, 4.69) is 9.82 Å². The molecule has 8 nitrogen and oxygen atoms in total. The summed E-state index contributed by atoms with van der Waals surface area (Å²) in [6, 6.07) is 0. The number of sulfonamides is 1. The third-order valence-electron chi connectivity index (χ3n) is 2.27. The second kappa shape index (κ2) is 7.43. The van der Waals surface area contributed by atoms with Gasteiger partial charge >= 0.3 is 0 Å². The van der Waals surface area contributed by atoms with E-state index in [0.29, 0.717) is 6.54 Å². The molecule has 1 heterocycles. The van der Waals surface area contributed by atoms with Crippen LogP contribution < -0.4 is 10.5 Å². The highest BCUT2D eigenvalue weighted by atomic mass is 32.2. The lowest BCUT2D eigenvalue weighted by Crippen LogP contribution is -2.28. The van der Waals surface area contributed by atoms with Crippen LogP contribution in [0.5, 0.6) is 0 Å². The monoisotopic (exact) mass is 292 g/mol. The molecule has 0 atom stereocenters. The fourth-order valence-corrected chi connectivity index (χ4v) is 2.55. The second-order valence-electron chi connectivity index (χ2n) is 3.88. The maximum absolute atomic E-state index is 12.0. The molecule has 0 unspecified atom stereocenters. The third kappa shape index (κ3) is 4.78. The Balaban J connectivity index is 2.61. The Bertz CT molecular complexity index is 486. The third-order valence-corrected chi connectivity index (χ3v) is 3.75. The van der Waals surface area contributed by atoms with Crippen LogP contribution in [-0.2, 0) is 21.3 Å². The molecule has 0 radical (unpaired) electrons. The summed E-state index contributed by atoms with van der Waals surface area (Å²) in [6.45, 7) is 2.95. The number of hydrogen-bond acceptors (Lipinski definition) is 6. The van der Waals surface area contributed by atoms with Crippen molar-refractivity contribution in [2.24, 2.45) is 0 Å². The van der Waals surface area contributed by atoms with Crippen molar-refractivity contribution >= 4 is 15.8 Å². The van der Waals surface area contributed by atoms with Gasteiger partial charge in [0.15, 0.2) is 5.82 Å². The molecule has 4 N–H and O–H groups in total. The molecule has 9 heteroatoms. The largest absolute Gasteiger partial charge is 0.394 e. The zero-order chi connectivity index (χ0) is 14.3. The molecule has 0 aromatic carbocycles. The smallest absolute Gasteiger partial charge is 0.245 e. The van der Waals surface area contributed by atoms with E-state index in [-0.39, 0.29) is 37.1 Å². The van der Waals surface area contributed by atoms with Crippen molar-refractivity contribution in [2.45, 2.75) is 24.8 Å². The fraction of sp³-hybridized carbons (Fsp3) is 0.700. The maximum atomic E-state index is 12.0. The van der Waals surface area contributed by atoms with Crippen LogP contribution in [0.1, 0.15) is 13.3 Å². The Kier molecular flexibility index (Phi) is 6.22. The number of hydrogen-bond donors (Lipinski definition) is 3. The number of aromatic nitrogens is 2. The number of rotatable bonds is 9. The van der Waals surface area contributed by atoms with Gasteiger partial charge < -0.3 is 15.6 Å². The van der Waals surface area contributed by atoms with E-state index < -0.39 is 10.0 Å². The molecule has 110 valence electrons. The second-order valence-corrected chi connectivity index (χ2v) is 5.61. The highest BCUT2D eigenvalue weighted by molar-refractivity contribution is 7.89. The SMILES string of the molecule is CCCn1cc(S(=O)(=O)NCCOCCO)c(N)n1. The van der Waals surface area contributed by atoms with E-state index in [1.54, 1.807) is 0 Å². The number of nitrogens with zero attached hydrogens (tertiary/aromatic N) is 2. The highest BCUT2D eigenvalue weighted by Gasteiger charge is 2.20. The Morgan fingerprint density at radius 3 is 2.89 bits per heavy atom. The predicted molar refractivity (Wildman–Crippen MR) is 70.0 cm³/mol. The zero-order valence-corrected chi connectivity index (χ0v) is 11.7. The number of aryl methyl sites for hydroxylation is 1. The van der Waals surface area contributed by atoms with Crippen molar-refractivity contribution in [3.63, 3.8) is 0 Å². The van der Waals surface area contributed by atoms with E-state index in [1.807, 2.05) is 6.92 Å². The van der Waals surface area contributed by atoms with Crippen molar-refractivity contribution in [1.29, 1.82) is 0 Å². The molecule has 1 aromatic rings. The summed E-state index contributed by atoms with van der Waals surface area (Å²) in [5.41, 5.74) is 5.59. The predicted octanol–water partition coefficient (Wildman–Crippen LogP) is -0.837. The van der Waals surface area contributed by atoms with Crippen molar-refractivity contribution < 1.29 is 18.3 Å². The summed E-state index contributed by atoms with van der Waals surface area (Å²) in [7, 11) is -3.68. The molecule has 0 amide bonds. The first-order chi connectivity index (χ1) is 9.01. The molecule has 0 aliphatic carbocycles. The molecule has 0 bridgehead atoms. The minimum absolute atomic E-state index is 0.0165. The molecule has 0 saturated heterocycles. The lowest BCUT2D eigenvalue weighted by Gasteiger charge is -2.05. The highest BCUT2D eigenvalue weighted by Crippen LogP contribution is 2.15. The van der Waals surface area contributed by atoms with E-state index in [9.17, 15) is 8.42 Å². The number of nitrogen functional groups attached to an aromatic ring is 1. The molecule has 0 aliphatic heterocycles. The summed E-state index contributed by atoms with van der Waals surface area (Å²) in [5, 5.41) is 12.4. The lowest BCUT2D eigenvalue weighted by molar-refractivity contribution is 0.0961. The number of nitrogens with one attached hydrogen (secondary N) is 1. The minimum atomic E-state index is -3.68. The summed E-state index contributed by atoms with van der Waals surface area (Å²) in [4.78, 5) is -0.0249. The van der Waals surface area contributed by atoms with Gasteiger partial charge in [0.2, 0.25) is 10.0 Å². The lowest BCUT2D eigenvalue weighted by atomic mass is 10.5. The quantitative estimate of drug-likeness (QED) is 0.511. The Morgan fingerprint density at radius 2 is 2.26 bits per heavy atom. The molecule has 0 spiro atoms. The number of ether oxygens (including phenoxy) is 1. The van der Waals surface area contributed by atoms with Crippen molar-refractivity contribution in [1.82, 2.24) is 14.5 Å². The summed E-state index contributed by atoms with van der Waals surface area (Å²) in [6.07, 6.45) is 2.25. The van der Waals surface area contributed by atoms with Crippen LogP contribution in [0.2, 0.25) is 0 Å². The first kappa shape index (κ1) is 15.9. The zero-order valence-electron chi connectivity index (χ0n) is 10.9. The van der Waals surface area contributed by atoms with Gasteiger partial charge in [0, 0.05) is 19.3 Å². The number of nitrogens with two attached hydrogens (primary N) is 1. The number of anilines is 1. The average Bonchev–Trinajstić information content (AvgIpc) is 2.71. The topological polar surface area (TPSA) is 119 Å². The Hall–Kier alpha value is -1.16. The van der Waals surface area contributed by atoms with Crippen LogP contribution in [0, 0.1) is 0 Å². The van der Waals surface area contributed by atoms with Gasteiger partial charge in [0.25, 0.3) is 0 Å². The van der Waals surface area contributed by atoms with Gasteiger partial charge in [0.05, 0.1) is 19.8 Å². The first-order valence-electron chi connectivity index (χ1n) is 6.02. The van der Waals surface area contributed by atoms with Gasteiger partial charge in [-0.05, 0) is 6.42 Å². The first-order valence-corrected chi connectivity index (χ1v) is 7.50. The van der Waals surface area contributed by atoms with E-state index in [0.717, 1.165) is 6.42 Å². The maximum Gasteiger partial charge on any atom is 0.245 e. The van der Waals surface area contributed by atoms with E-state index in [1.165, 1.54) is 10.9 Å². The molecular weight excluding hydrogens is 272 g/mol. The van der Waals surface area contributed by atoms with Crippen LogP contribution in [0.3, 0.4) is 0 Å². The summed E-state index contributed by atoms with van der Waals surface area (Å²) >= 11 is 0. The van der Waals surface area contributed by atoms with Gasteiger partial charge in [-0.3, -0.25) is 4.68 Å². The average molecular weight is 292 g/mol. The van der Waals surface area contributed by atoms with Crippen molar-refractivity contribution in [2.75, 3.05) is 32.1 Å². The molecule has 19 heavy (non-hydrogen) atoms. The summed E-state index contributed by atoms with van der Waals surface area (Å²) < 4.78 is 32.7. The minimum Gasteiger partial charge on any atom is -0.394 e. The van der Waals surface area contributed by atoms with Crippen LogP contribution in [0.25, 0.3) is 0 Å². The standard InChI is InChI=1S/C10H20N4O4S/c1-2-4-14-8-9(10(11)13-14)19(16,17)12-3-6-18-7-5-15/h8,12,15H,2-7H2,1H3,(H2,11,13). The molecule has 1 rings (SSSR count). The van der Waals surface area contributed by atoms with Gasteiger partial charge in [-0.1, -0.05) is 6.92 Å². The summed E-state index contributed by atoms with van der Waals surface area (Å²) in [5.74, 6) is -0.0165. The van der Waals surface area contributed by atoms with Gasteiger partial charge in [-0.15, -0.1) is 0 Å². The Labute approximate surface area is 112 Å². The molecule has 0 fully saturated rings. The number of aliphatic hydroxyl groups is 1. The van der Waals surface area contributed by atoms with E-state index >= 15 is 0 Å². The molecular formula is C10H20N4O4S. The normalized spacial score (nSPS) is 11.9. The molecule has 0 saturated carbocycles. The van der Waals surface area contributed by atoms with Gasteiger partial charge in [-0.25, -0.2) is 13.1 Å². The molecule has 0 aliphatic rings. The van der Waals surface area contributed by atoms with Crippen LogP contribution in [0.15, 0.2) is 11.1 Å². The van der Waals surface area contributed by atoms with Gasteiger partial charge in [-0.2, -0.15) is 5.10 Å². The van der Waals surface area contributed by atoms with Crippen LogP contribution >= 0.6 is 0 Å². The van der Waals surface area contributed by atoms with Crippen LogP contribution in [0.4, 0.5) is 5.82 Å². The van der Waals surface area contributed by atoms with E-state index in [4.69, 9.17) is 15.6 Å². The number of aliphatic hydroxyl groups excluding tert-OH is 1. The van der Waals surface area contributed by atoms with Gasteiger partial charge in [0.1, 0.15) is 4.90 Å².